The number of carbonyl (C=O) groups is 1. The number of ether oxygens (including phenoxy) is 1. The van der Waals surface area contributed by atoms with Crippen LogP contribution in [0.4, 0.5) is 0 Å². The van der Waals surface area contributed by atoms with Crippen LogP contribution in [0.5, 0.6) is 0 Å². The van der Waals surface area contributed by atoms with Gasteiger partial charge in [-0.15, -0.1) is 12.4 Å². The van der Waals surface area contributed by atoms with Crippen LogP contribution < -0.4 is 11.1 Å². The topological polar surface area (TPSA) is 64.3 Å². The fourth-order valence-electron chi connectivity index (χ4n) is 1.42. The minimum Gasteiger partial charge on any atom is -0.380 e. The van der Waals surface area contributed by atoms with Gasteiger partial charge in [0.1, 0.15) is 0 Å². The monoisotopic (exact) mass is 272 g/mol. The van der Waals surface area contributed by atoms with Gasteiger partial charge in [0.2, 0.25) is 0 Å². The average molecular weight is 273 g/mol. The summed E-state index contributed by atoms with van der Waals surface area (Å²) in [6.07, 6.45) is 0. The maximum atomic E-state index is 11.8. The minimum absolute atomic E-state index is 0. The molecular formula is C13H21ClN2O2. The van der Waals surface area contributed by atoms with E-state index in [4.69, 9.17) is 10.5 Å². The standard InChI is InChI=1S/C13H20N2O2.ClH/c1-10(7-14)8-15-13(16)12-5-3-4-11(6-12)9-17-2;/h3-6,10H,7-9,14H2,1-2H3,(H,15,16);1H. The third-order valence-electron chi connectivity index (χ3n) is 2.51. The van der Waals surface area contributed by atoms with Crippen molar-refractivity contribution in [2.24, 2.45) is 11.7 Å². The molecular weight excluding hydrogens is 252 g/mol. The highest BCUT2D eigenvalue weighted by atomic mass is 35.5. The Labute approximate surface area is 114 Å². The smallest absolute Gasteiger partial charge is 0.251 e. The Morgan fingerprint density at radius 3 is 2.83 bits per heavy atom. The number of hydrogen-bond donors (Lipinski definition) is 2. The second kappa shape index (κ2) is 8.91. The number of nitrogens with two attached hydrogens (primary N) is 1. The van der Waals surface area contributed by atoms with E-state index < -0.39 is 0 Å². The van der Waals surface area contributed by atoms with E-state index in [1.54, 1.807) is 13.2 Å². The molecule has 0 aromatic heterocycles. The van der Waals surface area contributed by atoms with Crippen LogP contribution in [-0.4, -0.2) is 26.1 Å². The Hall–Kier alpha value is -1.10. The summed E-state index contributed by atoms with van der Waals surface area (Å²) in [6.45, 7) is 3.69. The van der Waals surface area contributed by atoms with Crippen molar-refractivity contribution in [2.45, 2.75) is 13.5 Å². The van der Waals surface area contributed by atoms with Gasteiger partial charge in [-0.3, -0.25) is 4.79 Å². The molecule has 0 saturated heterocycles. The lowest BCUT2D eigenvalue weighted by Crippen LogP contribution is -2.31. The van der Waals surface area contributed by atoms with Gasteiger partial charge < -0.3 is 15.8 Å². The van der Waals surface area contributed by atoms with Crippen LogP contribution in [0.2, 0.25) is 0 Å². The molecule has 0 bridgehead atoms. The van der Waals surface area contributed by atoms with E-state index in [9.17, 15) is 4.79 Å². The summed E-state index contributed by atoms with van der Waals surface area (Å²) < 4.78 is 5.03. The lowest BCUT2D eigenvalue weighted by Gasteiger charge is -2.10. The first-order valence-electron chi connectivity index (χ1n) is 5.73. The first-order chi connectivity index (χ1) is 8.17. The molecule has 0 fully saturated rings. The van der Waals surface area contributed by atoms with Gasteiger partial charge in [-0.25, -0.2) is 0 Å². The molecule has 1 amide bonds. The zero-order valence-corrected chi connectivity index (χ0v) is 11.6. The molecule has 5 heteroatoms. The second-order valence-corrected chi connectivity index (χ2v) is 4.18. The molecule has 1 unspecified atom stereocenters. The normalized spacial score (nSPS) is 11.5. The summed E-state index contributed by atoms with van der Waals surface area (Å²) in [5.74, 6) is 0.226. The predicted octanol–water partition coefficient (Wildman–Crippen LogP) is 1.58. The number of rotatable bonds is 6. The van der Waals surface area contributed by atoms with Gasteiger partial charge >= 0.3 is 0 Å². The van der Waals surface area contributed by atoms with Crippen molar-refractivity contribution in [3.63, 3.8) is 0 Å². The summed E-state index contributed by atoms with van der Waals surface area (Å²) >= 11 is 0. The average Bonchev–Trinajstić information content (AvgIpc) is 2.36. The van der Waals surface area contributed by atoms with Crippen LogP contribution in [0, 0.1) is 5.92 Å². The van der Waals surface area contributed by atoms with E-state index >= 15 is 0 Å². The van der Waals surface area contributed by atoms with E-state index in [0.717, 1.165) is 5.56 Å². The van der Waals surface area contributed by atoms with Crippen LogP contribution in [0.3, 0.4) is 0 Å². The van der Waals surface area contributed by atoms with E-state index in [-0.39, 0.29) is 18.3 Å². The molecule has 3 N–H and O–H groups in total. The van der Waals surface area contributed by atoms with Crippen molar-refractivity contribution < 1.29 is 9.53 Å². The third-order valence-corrected chi connectivity index (χ3v) is 2.51. The fourth-order valence-corrected chi connectivity index (χ4v) is 1.42. The first kappa shape index (κ1) is 16.9. The van der Waals surface area contributed by atoms with Crippen LogP contribution in [0.25, 0.3) is 0 Å². The number of amides is 1. The van der Waals surface area contributed by atoms with Crippen molar-refractivity contribution in [2.75, 3.05) is 20.2 Å². The molecule has 1 aromatic rings. The van der Waals surface area contributed by atoms with Crippen molar-refractivity contribution in [3.8, 4) is 0 Å². The number of carbonyl (C=O) groups excluding carboxylic acids is 1. The van der Waals surface area contributed by atoms with E-state index in [1.165, 1.54) is 0 Å². The number of benzene rings is 1. The van der Waals surface area contributed by atoms with Gasteiger partial charge in [0, 0.05) is 19.2 Å². The zero-order valence-electron chi connectivity index (χ0n) is 10.8. The number of halogens is 1. The van der Waals surface area contributed by atoms with Gasteiger partial charge in [0.15, 0.2) is 0 Å². The summed E-state index contributed by atoms with van der Waals surface area (Å²) in [5.41, 5.74) is 7.14. The minimum atomic E-state index is -0.0664. The summed E-state index contributed by atoms with van der Waals surface area (Å²) in [4.78, 5) is 11.8. The van der Waals surface area contributed by atoms with Crippen molar-refractivity contribution in [1.82, 2.24) is 5.32 Å². The molecule has 1 atom stereocenters. The highest BCUT2D eigenvalue weighted by Gasteiger charge is 2.07. The Morgan fingerprint density at radius 2 is 2.22 bits per heavy atom. The maximum absolute atomic E-state index is 11.8. The lowest BCUT2D eigenvalue weighted by atomic mass is 10.1. The number of methoxy groups -OCH3 is 1. The first-order valence-corrected chi connectivity index (χ1v) is 5.73. The molecule has 18 heavy (non-hydrogen) atoms. The molecule has 0 radical (unpaired) electrons. The highest BCUT2D eigenvalue weighted by Crippen LogP contribution is 2.06. The van der Waals surface area contributed by atoms with Gasteiger partial charge in [-0.1, -0.05) is 19.1 Å². The lowest BCUT2D eigenvalue weighted by molar-refractivity contribution is 0.0948. The van der Waals surface area contributed by atoms with Crippen molar-refractivity contribution >= 4 is 18.3 Å². The molecule has 0 saturated carbocycles. The van der Waals surface area contributed by atoms with Gasteiger partial charge in [-0.2, -0.15) is 0 Å². The molecule has 0 heterocycles. The van der Waals surface area contributed by atoms with Gasteiger partial charge in [0.25, 0.3) is 5.91 Å². The largest absolute Gasteiger partial charge is 0.380 e. The molecule has 1 rings (SSSR count). The van der Waals surface area contributed by atoms with Crippen molar-refractivity contribution in [1.29, 1.82) is 0 Å². The summed E-state index contributed by atoms with van der Waals surface area (Å²) in [6, 6.07) is 7.42. The SMILES string of the molecule is COCc1cccc(C(=O)NCC(C)CN)c1.Cl. The van der Waals surface area contributed by atoms with Gasteiger partial charge in [0.05, 0.1) is 6.61 Å². The summed E-state index contributed by atoms with van der Waals surface area (Å²) in [7, 11) is 1.63. The molecule has 102 valence electrons. The van der Waals surface area contributed by atoms with Crippen LogP contribution in [0.15, 0.2) is 24.3 Å². The van der Waals surface area contributed by atoms with Crippen LogP contribution in [-0.2, 0) is 11.3 Å². The van der Waals surface area contributed by atoms with Crippen molar-refractivity contribution in [3.05, 3.63) is 35.4 Å². The summed E-state index contributed by atoms with van der Waals surface area (Å²) in [5, 5.41) is 2.86. The molecule has 0 aliphatic heterocycles. The second-order valence-electron chi connectivity index (χ2n) is 4.18. The fraction of sp³-hybridized carbons (Fsp3) is 0.462. The number of nitrogens with one attached hydrogen (secondary N) is 1. The Kier molecular flexibility index (Phi) is 8.37. The highest BCUT2D eigenvalue weighted by molar-refractivity contribution is 5.94. The molecule has 0 aliphatic rings. The number of hydrogen-bond acceptors (Lipinski definition) is 3. The Morgan fingerprint density at radius 1 is 1.50 bits per heavy atom. The molecule has 1 aromatic carbocycles. The van der Waals surface area contributed by atoms with Crippen LogP contribution in [0.1, 0.15) is 22.8 Å². The van der Waals surface area contributed by atoms with E-state index in [1.807, 2.05) is 25.1 Å². The molecule has 0 aliphatic carbocycles. The third kappa shape index (κ3) is 5.49. The maximum Gasteiger partial charge on any atom is 0.251 e. The van der Waals surface area contributed by atoms with E-state index in [2.05, 4.69) is 5.32 Å². The van der Waals surface area contributed by atoms with Crippen LogP contribution >= 0.6 is 12.4 Å². The Bertz CT molecular complexity index is 372. The van der Waals surface area contributed by atoms with Gasteiger partial charge in [-0.05, 0) is 30.2 Å². The Balaban J connectivity index is 0.00000289. The van der Waals surface area contributed by atoms with E-state index in [0.29, 0.717) is 31.2 Å². The zero-order chi connectivity index (χ0) is 12.7. The molecule has 4 nitrogen and oxygen atoms in total. The molecule has 0 spiro atoms. The quantitative estimate of drug-likeness (QED) is 0.826. The predicted molar refractivity (Wildman–Crippen MR) is 75.0 cm³/mol.